The summed E-state index contributed by atoms with van der Waals surface area (Å²) in [5.41, 5.74) is 5.85. The highest BCUT2D eigenvalue weighted by atomic mass is 127. The molecule has 4 heteroatoms. The molecule has 3 N–H and O–H groups in total. The van der Waals surface area contributed by atoms with Gasteiger partial charge in [0.05, 0.1) is 6.04 Å². The average molecular weight is 353 g/mol. The molecule has 3 nitrogen and oxygen atoms in total. The van der Waals surface area contributed by atoms with Gasteiger partial charge in [0.1, 0.15) is 0 Å². The molecular formula is C13H28IN3. The Balaban J connectivity index is 0.00000256. The maximum absolute atomic E-state index is 5.85. The Kier molecular flexibility index (Phi) is 8.16. The van der Waals surface area contributed by atoms with Crippen LogP contribution in [0.1, 0.15) is 53.4 Å². The van der Waals surface area contributed by atoms with Gasteiger partial charge >= 0.3 is 0 Å². The van der Waals surface area contributed by atoms with Crippen LogP contribution < -0.4 is 11.1 Å². The van der Waals surface area contributed by atoms with E-state index in [0.29, 0.717) is 18.0 Å². The zero-order valence-electron chi connectivity index (χ0n) is 11.6. The van der Waals surface area contributed by atoms with Gasteiger partial charge in [-0.3, -0.25) is 0 Å². The smallest absolute Gasteiger partial charge is 0.189 e. The first kappa shape index (κ1) is 17.0. The summed E-state index contributed by atoms with van der Waals surface area (Å²) in [6, 6.07) is 0.923. The molecule has 0 heterocycles. The predicted octanol–water partition coefficient (Wildman–Crippen LogP) is 3.13. The predicted molar refractivity (Wildman–Crippen MR) is 85.9 cm³/mol. The van der Waals surface area contributed by atoms with Crippen molar-refractivity contribution in [2.24, 2.45) is 22.6 Å². The molecule has 17 heavy (non-hydrogen) atoms. The van der Waals surface area contributed by atoms with Crippen LogP contribution in [0, 0.1) is 11.8 Å². The van der Waals surface area contributed by atoms with E-state index in [-0.39, 0.29) is 24.0 Å². The lowest BCUT2D eigenvalue weighted by Crippen LogP contribution is -2.38. The molecule has 0 aromatic heterocycles. The molecule has 0 aliphatic heterocycles. The summed E-state index contributed by atoms with van der Waals surface area (Å²) in [7, 11) is 0. The summed E-state index contributed by atoms with van der Waals surface area (Å²) >= 11 is 0. The van der Waals surface area contributed by atoms with Crippen LogP contribution in [0.4, 0.5) is 0 Å². The number of nitrogens with one attached hydrogen (secondary N) is 1. The standard InChI is InChI=1S/C13H27N3.HI/c1-9(2)6-5-7-11(4)15-13(14)16-12-8-10(12)3;/h9-12H,5-8H2,1-4H3,(H3,14,15,16);1H. The van der Waals surface area contributed by atoms with Gasteiger partial charge in [-0.1, -0.05) is 33.6 Å². The fourth-order valence-corrected chi connectivity index (χ4v) is 1.86. The first-order valence-electron chi connectivity index (χ1n) is 6.58. The molecule has 0 radical (unpaired) electrons. The van der Waals surface area contributed by atoms with Gasteiger partial charge in [-0.05, 0) is 31.6 Å². The fourth-order valence-electron chi connectivity index (χ4n) is 1.86. The third-order valence-electron chi connectivity index (χ3n) is 3.18. The molecule has 3 unspecified atom stereocenters. The quantitative estimate of drug-likeness (QED) is 0.438. The SMILES string of the molecule is CC(C)CCCC(C)NC(N)=NC1CC1C.I. The van der Waals surface area contributed by atoms with Gasteiger partial charge in [0.2, 0.25) is 0 Å². The Labute approximate surface area is 123 Å². The summed E-state index contributed by atoms with van der Waals surface area (Å²) < 4.78 is 0. The summed E-state index contributed by atoms with van der Waals surface area (Å²) in [6.45, 7) is 8.93. The van der Waals surface area contributed by atoms with Crippen LogP contribution in [-0.2, 0) is 0 Å². The second kappa shape index (κ2) is 8.16. The first-order chi connectivity index (χ1) is 7.49. The van der Waals surface area contributed by atoms with Crippen LogP contribution in [0.5, 0.6) is 0 Å². The van der Waals surface area contributed by atoms with Crippen LogP contribution in [0.15, 0.2) is 4.99 Å². The highest BCUT2D eigenvalue weighted by molar-refractivity contribution is 14.0. The van der Waals surface area contributed by atoms with E-state index in [4.69, 9.17) is 5.73 Å². The molecule has 1 rings (SSSR count). The molecule has 0 amide bonds. The van der Waals surface area contributed by atoms with E-state index < -0.39 is 0 Å². The fraction of sp³-hybridized carbons (Fsp3) is 0.923. The lowest BCUT2D eigenvalue weighted by atomic mass is 10.0. The number of hydrogen-bond donors (Lipinski definition) is 2. The molecule has 1 aliphatic rings. The lowest BCUT2D eigenvalue weighted by molar-refractivity contribution is 0.493. The van der Waals surface area contributed by atoms with Crippen LogP contribution in [0.3, 0.4) is 0 Å². The zero-order valence-corrected chi connectivity index (χ0v) is 13.9. The van der Waals surface area contributed by atoms with Crippen LogP contribution >= 0.6 is 24.0 Å². The van der Waals surface area contributed by atoms with Crippen LogP contribution in [-0.4, -0.2) is 18.0 Å². The van der Waals surface area contributed by atoms with Gasteiger partial charge in [-0.2, -0.15) is 0 Å². The highest BCUT2D eigenvalue weighted by Crippen LogP contribution is 2.32. The van der Waals surface area contributed by atoms with E-state index in [9.17, 15) is 0 Å². The molecule has 0 saturated heterocycles. The molecule has 0 bridgehead atoms. The third kappa shape index (κ3) is 7.84. The average Bonchev–Trinajstić information content (AvgIpc) is 2.80. The Bertz CT molecular complexity index is 241. The van der Waals surface area contributed by atoms with E-state index in [1.54, 1.807) is 0 Å². The monoisotopic (exact) mass is 353 g/mol. The van der Waals surface area contributed by atoms with Gasteiger partial charge in [-0.25, -0.2) is 4.99 Å². The van der Waals surface area contributed by atoms with Gasteiger partial charge in [0.25, 0.3) is 0 Å². The van der Waals surface area contributed by atoms with Crippen LogP contribution in [0.25, 0.3) is 0 Å². The van der Waals surface area contributed by atoms with Crippen molar-refractivity contribution in [3.63, 3.8) is 0 Å². The summed E-state index contributed by atoms with van der Waals surface area (Å²) in [6.07, 6.45) is 4.93. The molecule has 1 aliphatic carbocycles. The number of hydrogen-bond acceptors (Lipinski definition) is 1. The maximum Gasteiger partial charge on any atom is 0.189 e. The molecule has 0 aromatic rings. The Morgan fingerprint density at radius 2 is 1.94 bits per heavy atom. The molecule has 1 fully saturated rings. The largest absolute Gasteiger partial charge is 0.370 e. The van der Waals surface area contributed by atoms with Crippen molar-refractivity contribution in [3.05, 3.63) is 0 Å². The van der Waals surface area contributed by atoms with Crippen molar-refractivity contribution in [1.29, 1.82) is 0 Å². The number of nitrogens with zero attached hydrogens (tertiary/aromatic N) is 1. The van der Waals surface area contributed by atoms with Crippen molar-refractivity contribution >= 4 is 29.9 Å². The van der Waals surface area contributed by atoms with Crippen molar-refractivity contribution in [2.45, 2.75) is 65.5 Å². The second-order valence-corrected chi connectivity index (χ2v) is 5.66. The normalized spacial score (nSPS) is 25.4. The Morgan fingerprint density at radius 3 is 2.41 bits per heavy atom. The number of halogens is 1. The summed E-state index contributed by atoms with van der Waals surface area (Å²) in [5.74, 6) is 2.16. The number of aliphatic imine (C=N–C) groups is 1. The van der Waals surface area contributed by atoms with E-state index in [1.165, 1.54) is 25.7 Å². The van der Waals surface area contributed by atoms with Crippen molar-refractivity contribution in [1.82, 2.24) is 5.32 Å². The topological polar surface area (TPSA) is 50.4 Å². The molecule has 102 valence electrons. The van der Waals surface area contributed by atoms with Gasteiger partial charge in [0.15, 0.2) is 5.96 Å². The minimum absolute atomic E-state index is 0. The van der Waals surface area contributed by atoms with E-state index >= 15 is 0 Å². The van der Waals surface area contributed by atoms with E-state index in [1.807, 2.05) is 0 Å². The Hall–Kier alpha value is 0. The van der Waals surface area contributed by atoms with Gasteiger partial charge in [-0.15, -0.1) is 24.0 Å². The molecular weight excluding hydrogens is 325 g/mol. The van der Waals surface area contributed by atoms with Crippen molar-refractivity contribution in [2.75, 3.05) is 0 Å². The summed E-state index contributed by atoms with van der Waals surface area (Å²) in [4.78, 5) is 4.44. The first-order valence-corrected chi connectivity index (χ1v) is 6.58. The molecule has 0 spiro atoms. The highest BCUT2D eigenvalue weighted by Gasteiger charge is 2.32. The molecule has 1 saturated carbocycles. The van der Waals surface area contributed by atoms with E-state index in [2.05, 4.69) is 38.0 Å². The van der Waals surface area contributed by atoms with Gasteiger partial charge in [0, 0.05) is 6.04 Å². The number of rotatable bonds is 6. The summed E-state index contributed by atoms with van der Waals surface area (Å²) in [5, 5.41) is 3.27. The number of guanidine groups is 1. The number of nitrogens with two attached hydrogens (primary N) is 1. The minimum Gasteiger partial charge on any atom is -0.370 e. The van der Waals surface area contributed by atoms with Crippen LogP contribution in [0.2, 0.25) is 0 Å². The Morgan fingerprint density at radius 1 is 1.35 bits per heavy atom. The van der Waals surface area contributed by atoms with E-state index in [0.717, 1.165) is 11.8 Å². The zero-order chi connectivity index (χ0) is 12.1. The minimum atomic E-state index is 0. The van der Waals surface area contributed by atoms with Gasteiger partial charge < -0.3 is 11.1 Å². The third-order valence-corrected chi connectivity index (χ3v) is 3.18. The molecule has 0 aromatic carbocycles. The van der Waals surface area contributed by atoms with Crippen molar-refractivity contribution in [3.8, 4) is 0 Å². The van der Waals surface area contributed by atoms with Crippen molar-refractivity contribution < 1.29 is 0 Å². The molecule has 3 atom stereocenters. The maximum atomic E-state index is 5.85. The second-order valence-electron chi connectivity index (χ2n) is 5.66. The lowest BCUT2D eigenvalue weighted by Gasteiger charge is -2.15.